The topological polar surface area (TPSA) is 32.3 Å². The van der Waals surface area contributed by atoms with Crippen LogP contribution in [-0.2, 0) is 10.8 Å². The fraction of sp³-hybridized carbons (Fsp3) is 1.00. The number of nitrogens with one attached hydrogen (secondary N) is 1. The molecule has 0 unspecified atom stereocenters. The van der Waals surface area contributed by atoms with Crippen LogP contribution in [0.25, 0.3) is 0 Å². The highest BCUT2D eigenvalue weighted by Gasteiger charge is 2.17. The van der Waals surface area contributed by atoms with Crippen molar-refractivity contribution < 1.29 is 4.21 Å². The lowest BCUT2D eigenvalue weighted by Crippen LogP contribution is -2.43. The van der Waals surface area contributed by atoms with Gasteiger partial charge in [-0.05, 0) is 12.8 Å². The smallest absolute Gasteiger partial charge is 0.0250 e. The molecule has 11 heavy (non-hydrogen) atoms. The summed E-state index contributed by atoms with van der Waals surface area (Å²) in [6, 6.07) is 0.544. The molecule has 0 saturated carbocycles. The van der Waals surface area contributed by atoms with E-state index in [1.807, 2.05) is 19.1 Å². The second-order valence-corrected chi connectivity index (χ2v) is 4.84. The Morgan fingerprint density at radius 2 is 1.91 bits per heavy atom. The molecule has 1 rings (SSSR count). The molecule has 1 heterocycles. The average molecular weight is 176 g/mol. The van der Waals surface area contributed by atoms with Gasteiger partial charge in [-0.3, -0.25) is 14.6 Å². The van der Waals surface area contributed by atoms with Crippen LogP contribution in [0.4, 0.5) is 0 Å². The SMILES string of the molecule is CN(C)NC1CCS(=O)CC1. The maximum absolute atomic E-state index is 11.0. The van der Waals surface area contributed by atoms with E-state index in [2.05, 4.69) is 5.43 Å². The third-order valence-corrected chi connectivity index (χ3v) is 3.21. The molecule has 0 aromatic heterocycles. The molecule has 1 aliphatic rings. The summed E-state index contributed by atoms with van der Waals surface area (Å²) in [4.78, 5) is 0. The molecule has 0 aromatic carbocycles. The Kier molecular flexibility index (Phi) is 3.48. The lowest BCUT2D eigenvalue weighted by Gasteiger charge is -2.25. The van der Waals surface area contributed by atoms with Gasteiger partial charge in [0.1, 0.15) is 0 Å². The van der Waals surface area contributed by atoms with Crippen LogP contribution in [0.3, 0.4) is 0 Å². The fourth-order valence-electron chi connectivity index (χ4n) is 1.29. The summed E-state index contributed by atoms with van der Waals surface area (Å²) in [5, 5.41) is 1.97. The Morgan fingerprint density at radius 3 is 2.36 bits per heavy atom. The van der Waals surface area contributed by atoms with E-state index in [1.54, 1.807) is 0 Å². The van der Waals surface area contributed by atoms with Gasteiger partial charge in [0.25, 0.3) is 0 Å². The van der Waals surface area contributed by atoms with Crippen LogP contribution in [0, 0.1) is 0 Å². The first-order chi connectivity index (χ1) is 5.18. The van der Waals surface area contributed by atoms with E-state index in [9.17, 15) is 4.21 Å². The van der Waals surface area contributed by atoms with Gasteiger partial charge in [0.2, 0.25) is 0 Å². The lowest BCUT2D eigenvalue weighted by molar-refractivity contribution is 0.232. The maximum atomic E-state index is 11.0. The summed E-state index contributed by atoms with van der Waals surface area (Å²) >= 11 is 0. The van der Waals surface area contributed by atoms with Crippen LogP contribution in [0.5, 0.6) is 0 Å². The summed E-state index contributed by atoms with van der Waals surface area (Å²) < 4.78 is 11.0. The molecule has 3 nitrogen and oxygen atoms in total. The molecule has 0 spiro atoms. The molecule has 1 N–H and O–H groups in total. The minimum Gasteiger partial charge on any atom is -0.260 e. The standard InChI is InChI=1S/C7H16N2OS/c1-9(2)8-7-3-5-11(10)6-4-7/h7-8H,3-6H2,1-2H3. The molecule has 0 atom stereocenters. The highest BCUT2D eigenvalue weighted by atomic mass is 32.2. The van der Waals surface area contributed by atoms with Gasteiger partial charge in [0.15, 0.2) is 0 Å². The van der Waals surface area contributed by atoms with Crippen LogP contribution in [0.15, 0.2) is 0 Å². The summed E-state index contributed by atoms with van der Waals surface area (Å²) in [7, 11) is 3.45. The van der Waals surface area contributed by atoms with Crippen molar-refractivity contribution in [3.05, 3.63) is 0 Å². The van der Waals surface area contributed by atoms with Crippen molar-refractivity contribution in [2.75, 3.05) is 25.6 Å². The average Bonchev–Trinajstić information content (AvgIpc) is 1.93. The summed E-state index contributed by atoms with van der Waals surface area (Å²) in [6.07, 6.45) is 2.09. The number of nitrogens with zero attached hydrogens (tertiary/aromatic N) is 1. The molecule has 1 aliphatic heterocycles. The zero-order valence-corrected chi connectivity index (χ0v) is 7.99. The number of hydrazine groups is 1. The number of hydrogen-bond acceptors (Lipinski definition) is 3. The van der Waals surface area contributed by atoms with Crippen molar-refractivity contribution >= 4 is 10.8 Å². The van der Waals surface area contributed by atoms with Crippen molar-refractivity contribution in [2.45, 2.75) is 18.9 Å². The third-order valence-electron chi connectivity index (χ3n) is 1.83. The molecule has 0 radical (unpaired) electrons. The zero-order valence-electron chi connectivity index (χ0n) is 7.17. The minimum absolute atomic E-state index is 0.534. The summed E-state index contributed by atoms with van der Waals surface area (Å²) in [5.74, 6) is 1.73. The second kappa shape index (κ2) is 4.18. The van der Waals surface area contributed by atoms with Crippen molar-refractivity contribution in [3.8, 4) is 0 Å². The van der Waals surface area contributed by atoms with Crippen molar-refractivity contribution in [1.82, 2.24) is 10.4 Å². The van der Waals surface area contributed by atoms with Crippen LogP contribution < -0.4 is 5.43 Å². The van der Waals surface area contributed by atoms with Gasteiger partial charge < -0.3 is 0 Å². The van der Waals surface area contributed by atoms with E-state index in [0.717, 1.165) is 24.3 Å². The fourth-order valence-corrected chi connectivity index (χ4v) is 2.59. The Balaban J connectivity index is 2.22. The predicted octanol–water partition coefficient (Wildman–Crippen LogP) is -0.0363. The maximum Gasteiger partial charge on any atom is 0.0250 e. The molecule has 1 saturated heterocycles. The molecular formula is C7H16N2OS. The molecule has 0 bridgehead atoms. The van der Waals surface area contributed by atoms with E-state index in [-0.39, 0.29) is 0 Å². The van der Waals surface area contributed by atoms with E-state index >= 15 is 0 Å². The first-order valence-electron chi connectivity index (χ1n) is 3.97. The van der Waals surface area contributed by atoms with Gasteiger partial charge in [0, 0.05) is 42.4 Å². The second-order valence-electron chi connectivity index (χ2n) is 3.15. The van der Waals surface area contributed by atoms with Crippen molar-refractivity contribution in [2.24, 2.45) is 0 Å². The van der Waals surface area contributed by atoms with Crippen LogP contribution in [0.1, 0.15) is 12.8 Å². The monoisotopic (exact) mass is 176 g/mol. The molecule has 0 aromatic rings. The molecule has 4 heteroatoms. The first kappa shape index (κ1) is 9.16. The van der Waals surface area contributed by atoms with Gasteiger partial charge in [0.05, 0.1) is 0 Å². The highest BCUT2D eigenvalue weighted by Crippen LogP contribution is 2.08. The predicted molar refractivity (Wildman–Crippen MR) is 47.7 cm³/mol. The van der Waals surface area contributed by atoms with Gasteiger partial charge >= 0.3 is 0 Å². The van der Waals surface area contributed by atoms with Gasteiger partial charge in [-0.25, -0.2) is 0 Å². The van der Waals surface area contributed by atoms with E-state index in [4.69, 9.17) is 0 Å². The Morgan fingerprint density at radius 1 is 1.36 bits per heavy atom. The van der Waals surface area contributed by atoms with E-state index in [1.165, 1.54) is 0 Å². The van der Waals surface area contributed by atoms with Gasteiger partial charge in [-0.1, -0.05) is 0 Å². The molecule has 1 fully saturated rings. The Labute approximate surface area is 70.6 Å². The number of hydrogen-bond donors (Lipinski definition) is 1. The Hall–Kier alpha value is 0.0700. The zero-order chi connectivity index (χ0) is 8.27. The van der Waals surface area contributed by atoms with Crippen LogP contribution in [0.2, 0.25) is 0 Å². The lowest BCUT2D eigenvalue weighted by atomic mass is 10.2. The van der Waals surface area contributed by atoms with E-state index in [0.29, 0.717) is 6.04 Å². The quantitative estimate of drug-likeness (QED) is 0.599. The molecule has 0 amide bonds. The Bertz CT molecular complexity index is 139. The first-order valence-corrected chi connectivity index (χ1v) is 5.46. The summed E-state index contributed by atoms with van der Waals surface area (Å²) in [6.45, 7) is 0. The van der Waals surface area contributed by atoms with Crippen LogP contribution >= 0.6 is 0 Å². The van der Waals surface area contributed by atoms with Gasteiger partial charge in [-0.15, -0.1) is 0 Å². The largest absolute Gasteiger partial charge is 0.260 e. The van der Waals surface area contributed by atoms with Gasteiger partial charge in [-0.2, -0.15) is 0 Å². The number of rotatable bonds is 2. The summed E-state index contributed by atoms with van der Waals surface area (Å²) in [5.41, 5.74) is 3.30. The molecule has 66 valence electrons. The molecule has 0 aliphatic carbocycles. The molecular weight excluding hydrogens is 160 g/mol. The normalized spacial score (nSPS) is 32.6. The third kappa shape index (κ3) is 3.31. The van der Waals surface area contributed by atoms with Crippen molar-refractivity contribution in [3.63, 3.8) is 0 Å². The highest BCUT2D eigenvalue weighted by molar-refractivity contribution is 7.85. The van der Waals surface area contributed by atoms with Crippen molar-refractivity contribution in [1.29, 1.82) is 0 Å². The minimum atomic E-state index is -0.534. The van der Waals surface area contributed by atoms with Crippen LogP contribution in [-0.4, -0.2) is 40.9 Å². The van der Waals surface area contributed by atoms with E-state index < -0.39 is 10.8 Å².